The van der Waals surface area contributed by atoms with E-state index in [0.717, 1.165) is 32.1 Å². The average molecular weight is 288 g/mol. The molecule has 19 heavy (non-hydrogen) atoms. The van der Waals surface area contributed by atoms with Crippen LogP contribution in [0.4, 0.5) is 0 Å². The van der Waals surface area contributed by atoms with Gasteiger partial charge in [-0.3, -0.25) is 0 Å². The number of rotatable bonds is 6. The molecule has 0 radical (unpaired) electrons. The zero-order chi connectivity index (χ0) is 13.9. The molecule has 2 saturated heterocycles. The van der Waals surface area contributed by atoms with Gasteiger partial charge < -0.3 is 18.3 Å². The zero-order valence-corrected chi connectivity index (χ0v) is 13.7. The minimum atomic E-state index is -2.32. The van der Waals surface area contributed by atoms with Crippen LogP contribution in [0.15, 0.2) is 0 Å². The van der Waals surface area contributed by atoms with E-state index in [1.807, 2.05) is 7.11 Å². The fraction of sp³-hybridized carbons (Fsp3) is 1.00. The summed E-state index contributed by atoms with van der Waals surface area (Å²) >= 11 is 0. The van der Waals surface area contributed by atoms with Crippen molar-refractivity contribution in [1.29, 1.82) is 0 Å². The molecule has 2 aliphatic rings. The Kier molecular flexibility index (Phi) is 5.06. The summed E-state index contributed by atoms with van der Waals surface area (Å²) in [7, 11) is 3.13. The average Bonchev–Trinajstić information content (AvgIpc) is 2.39. The van der Waals surface area contributed by atoms with Crippen LogP contribution >= 0.6 is 0 Å². The van der Waals surface area contributed by atoms with Gasteiger partial charge in [0.15, 0.2) is 0 Å². The molecule has 0 spiro atoms. The van der Waals surface area contributed by atoms with Crippen LogP contribution < -0.4 is 0 Å². The zero-order valence-electron chi connectivity index (χ0n) is 12.7. The first-order valence-corrected chi connectivity index (χ1v) is 9.45. The normalized spacial score (nSPS) is 35.1. The molecule has 2 unspecified atom stereocenters. The quantitative estimate of drug-likeness (QED) is 0.704. The second-order valence-corrected chi connectivity index (χ2v) is 9.47. The van der Waals surface area contributed by atoms with Crippen LogP contribution in [-0.2, 0) is 18.3 Å². The van der Waals surface area contributed by atoms with Crippen molar-refractivity contribution in [2.24, 2.45) is 11.8 Å². The summed E-state index contributed by atoms with van der Waals surface area (Å²) in [5.41, 5.74) is 0. The molecule has 2 rings (SSSR count). The van der Waals surface area contributed by atoms with Crippen LogP contribution in [0.2, 0.25) is 6.04 Å². The Morgan fingerprint density at radius 1 is 1.21 bits per heavy atom. The molecule has 2 atom stereocenters. The first-order chi connectivity index (χ1) is 9.19. The fourth-order valence-corrected chi connectivity index (χ4v) is 8.42. The van der Waals surface area contributed by atoms with Crippen molar-refractivity contribution >= 4 is 8.56 Å². The summed E-state index contributed by atoms with van der Waals surface area (Å²) in [5, 5.41) is -0.210. The number of methoxy groups -OCH3 is 1. The number of ether oxygens (including phenoxy) is 2. The summed E-state index contributed by atoms with van der Waals surface area (Å²) < 4.78 is 23.5. The molecule has 2 fully saturated rings. The van der Waals surface area contributed by atoms with Crippen molar-refractivity contribution in [2.75, 3.05) is 34.5 Å². The third-order valence-electron chi connectivity index (χ3n) is 5.14. The Labute approximate surface area is 118 Å². The SMILES string of the molecule is CCCC1(OC)C(C2COC2)CCC[Si]1(OC)OC. The van der Waals surface area contributed by atoms with Gasteiger partial charge in [-0.1, -0.05) is 19.8 Å². The van der Waals surface area contributed by atoms with Gasteiger partial charge in [-0.15, -0.1) is 0 Å². The van der Waals surface area contributed by atoms with Gasteiger partial charge in [-0.2, -0.15) is 0 Å². The van der Waals surface area contributed by atoms with Gasteiger partial charge in [0.2, 0.25) is 0 Å². The maximum atomic E-state index is 6.14. The molecular weight excluding hydrogens is 260 g/mol. The number of hydrogen-bond acceptors (Lipinski definition) is 4. The number of hydrogen-bond donors (Lipinski definition) is 0. The fourth-order valence-electron chi connectivity index (χ4n) is 4.17. The van der Waals surface area contributed by atoms with E-state index in [1.54, 1.807) is 14.2 Å². The highest BCUT2D eigenvalue weighted by atomic mass is 28.4. The van der Waals surface area contributed by atoms with Gasteiger partial charge in [-0.25, -0.2) is 0 Å². The monoisotopic (exact) mass is 288 g/mol. The highest BCUT2D eigenvalue weighted by molar-refractivity contribution is 6.70. The van der Waals surface area contributed by atoms with Crippen molar-refractivity contribution in [1.82, 2.24) is 0 Å². The van der Waals surface area contributed by atoms with Crippen molar-refractivity contribution < 1.29 is 18.3 Å². The Bertz CT molecular complexity index is 291. The largest absolute Gasteiger partial charge is 0.396 e. The lowest BCUT2D eigenvalue weighted by atomic mass is 9.80. The van der Waals surface area contributed by atoms with Gasteiger partial charge >= 0.3 is 8.56 Å². The highest BCUT2D eigenvalue weighted by Crippen LogP contribution is 2.50. The molecule has 0 saturated carbocycles. The molecule has 112 valence electrons. The highest BCUT2D eigenvalue weighted by Gasteiger charge is 2.64. The maximum Gasteiger partial charge on any atom is 0.371 e. The summed E-state index contributed by atoms with van der Waals surface area (Å²) in [4.78, 5) is 0. The van der Waals surface area contributed by atoms with Crippen molar-refractivity contribution in [3.63, 3.8) is 0 Å². The molecule has 0 aromatic rings. The second-order valence-electron chi connectivity index (χ2n) is 5.80. The van der Waals surface area contributed by atoms with Crippen LogP contribution in [0.3, 0.4) is 0 Å². The van der Waals surface area contributed by atoms with E-state index < -0.39 is 8.56 Å². The molecule has 5 heteroatoms. The molecule has 2 aliphatic heterocycles. The van der Waals surface area contributed by atoms with E-state index in [9.17, 15) is 0 Å². The standard InChI is InChI=1S/C14H28O4Si/c1-5-8-14(15-2)13(12-10-18-11-12)7-6-9-19(14,16-3)17-4/h12-13H,5-11H2,1-4H3. The minimum absolute atomic E-state index is 0.210. The van der Waals surface area contributed by atoms with Gasteiger partial charge in [0.25, 0.3) is 0 Å². The molecule has 2 heterocycles. The van der Waals surface area contributed by atoms with Crippen LogP contribution in [0, 0.1) is 11.8 Å². The van der Waals surface area contributed by atoms with Crippen molar-refractivity contribution in [2.45, 2.75) is 43.9 Å². The lowest BCUT2D eigenvalue weighted by Crippen LogP contribution is -2.70. The van der Waals surface area contributed by atoms with Crippen LogP contribution in [0.25, 0.3) is 0 Å². The minimum Gasteiger partial charge on any atom is -0.396 e. The second kappa shape index (κ2) is 6.22. The third kappa shape index (κ3) is 2.29. The van der Waals surface area contributed by atoms with Gasteiger partial charge in [-0.05, 0) is 24.8 Å². The first kappa shape index (κ1) is 15.4. The molecule has 0 N–H and O–H groups in total. The summed E-state index contributed by atoms with van der Waals surface area (Å²) in [6, 6.07) is 1.04. The van der Waals surface area contributed by atoms with Crippen molar-refractivity contribution in [3.8, 4) is 0 Å². The van der Waals surface area contributed by atoms with E-state index >= 15 is 0 Å². The van der Waals surface area contributed by atoms with Gasteiger partial charge in [0.1, 0.15) is 5.22 Å². The van der Waals surface area contributed by atoms with E-state index in [1.165, 1.54) is 12.8 Å². The van der Waals surface area contributed by atoms with Crippen molar-refractivity contribution in [3.05, 3.63) is 0 Å². The molecule has 0 aromatic heterocycles. The molecule has 0 bridgehead atoms. The predicted octanol–water partition coefficient (Wildman–Crippen LogP) is 2.50. The molecule has 0 aliphatic carbocycles. The first-order valence-electron chi connectivity index (χ1n) is 7.43. The van der Waals surface area contributed by atoms with Gasteiger partial charge in [0, 0.05) is 27.2 Å². The van der Waals surface area contributed by atoms with Gasteiger partial charge in [0.05, 0.1) is 13.2 Å². The van der Waals surface area contributed by atoms with E-state index in [2.05, 4.69) is 6.92 Å². The Morgan fingerprint density at radius 2 is 1.89 bits per heavy atom. The smallest absolute Gasteiger partial charge is 0.371 e. The topological polar surface area (TPSA) is 36.9 Å². The maximum absolute atomic E-state index is 6.14. The molecule has 4 nitrogen and oxygen atoms in total. The lowest BCUT2D eigenvalue weighted by Gasteiger charge is -2.55. The Balaban J connectivity index is 2.36. The Morgan fingerprint density at radius 3 is 2.32 bits per heavy atom. The van der Waals surface area contributed by atoms with Crippen LogP contribution in [0.1, 0.15) is 32.6 Å². The predicted molar refractivity (Wildman–Crippen MR) is 76.3 cm³/mol. The Hall–Kier alpha value is 0.0569. The van der Waals surface area contributed by atoms with Crippen LogP contribution in [-0.4, -0.2) is 48.3 Å². The third-order valence-corrected chi connectivity index (χ3v) is 9.59. The summed E-state index contributed by atoms with van der Waals surface area (Å²) in [6.45, 7) is 3.96. The lowest BCUT2D eigenvalue weighted by molar-refractivity contribution is -0.136. The molecule has 0 amide bonds. The van der Waals surface area contributed by atoms with E-state index in [-0.39, 0.29) is 5.22 Å². The van der Waals surface area contributed by atoms with E-state index in [4.69, 9.17) is 18.3 Å². The molecular formula is C14H28O4Si. The summed E-state index contributed by atoms with van der Waals surface area (Å²) in [6.07, 6.45) is 4.52. The van der Waals surface area contributed by atoms with Crippen LogP contribution in [0.5, 0.6) is 0 Å². The van der Waals surface area contributed by atoms with E-state index in [0.29, 0.717) is 11.8 Å². The molecule has 0 aromatic carbocycles. The summed E-state index contributed by atoms with van der Waals surface area (Å²) in [5.74, 6) is 1.13.